The highest BCUT2D eigenvalue weighted by Gasteiger charge is 2.23. The highest BCUT2D eigenvalue weighted by molar-refractivity contribution is 5.53. The predicted octanol–water partition coefficient (Wildman–Crippen LogP) is 2.49. The quantitative estimate of drug-likeness (QED) is 0.740. The maximum absolute atomic E-state index is 5.38. The summed E-state index contributed by atoms with van der Waals surface area (Å²) in [7, 11) is 0. The molecule has 0 saturated carbocycles. The topological polar surface area (TPSA) is 66.0 Å². The summed E-state index contributed by atoms with van der Waals surface area (Å²) in [5.41, 5.74) is 2.14. The number of benzene rings is 1. The minimum absolute atomic E-state index is 0.262. The van der Waals surface area contributed by atoms with Crippen LogP contribution < -0.4 is 0 Å². The molecule has 1 atom stereocenters. The minimum atomic E-state index is 0.262. The fraction of sp³-hybridized carbons (Fsp3) is 0.312. The molecule has 4 rings (SSSR count). The van der Waals surface area contributed by atoms with Crippen LogP contribution in [-0.2, 0) is 11.3 Å². The zero-order chi connectivity index (χ0) is 14.8. The van der Waals surface area contributed by atoms with Gasteiger partial charge >= 0.3 is 0 Å². The lowest BCUT2D eigenvalue weighted by molar-refractivity contribution is 0.192. The molecule has 1 saturated heterocycles. The number of ether oxygens (including phenoxy) is 1. The van der Waals surface area contributed by atoms with E-state index in [0.29, 0.717) is 12.5 Å². The normalized spacial score (nSPS) is 17.9. The van der Waals surface area contributed by atoms with Crippen molar-refractivity contribution in [1.29, 1.82) is 0 Å². The first-order valence-electron chi connectivity index (χ1n) is 7.35. The number of hydrogen-bond donors (Lipinski definition) is 0. The minimum Gasteiger partial charge on any atom is -0.381 e. The molecule has 1 aliphatic heterocycles. The van der Waals surface area contributed by atoms with E-state index in [1.807, 2.05) is 29.2 Å². The van der Waals surface area contributed by atoms with Crippen molar-refractivity contribution < 1.29 is 9.26 Å². The molecule has 0 amide bonds. The highest BCUT2D eigenvalue weighted by Crippen LogP contribution is 2.25. The summed E-state index contributed by atoms with van der Waals surface area (Å²) < 4.78 is 12.8. The van der Waals surface area contributed by atoms with Gasteiger partial charge in [-0.2, -0.15) is 4.98 Å². The van der Waals surface area contributed by atoms with Crippen LogP contribution in [0.5, 0.6) is 0 Å². The fourth-order valence-electron chi connectivity index (χ4n) is 2.60. The molecule has 0 radical (unpaired) electrons. The maximum Gasteiger partial charge on any atom is 0.257 e. The number of nitrogens with zero attached hydrogens (tertiary/aromatic N) is 4. The molecule has 3 heterocycles. The van der Waals surface area contributed by atoms with Gasteiger partial charge in [0, 0.05) is 37.0 Å². The number of imidazole rings is 1. The van der Waals surface area contributed by atoms with Gasteiger partial charge in [-0.25, -0.2) is 4.98 Å². The molecule has 6 heteroatoms. The van der Waals surface area contributed by atoms with Gasteiger partial charge in [0.1, 0.15) is 0 Å². The molecule has 1 aromatic carbocycles. The average Bonchev–Trinajstić information content (AvgIpc) is 3.30. The third kappa shape index (κ3) is 2.65. The Morgan fingerprint density at radius 3 is 2.86 bits per heavy atom. The first-order chi connectivity index (χ1) is 10.9. The van der Waals surface area contributed by atoms with Crippen molar-refractivity contribution in [1.82, 2.24) is 19.7 Å². The molecule has 1 aliphatic rings. The van der Waals surface area contributed by atoms with Crippen LogP contribution >= 0.6 is 0 Å². The molecule has 6 nitrogen and oxygen atoms in total. The Hall–Kier alpha value is -2.47. The van der Waals surface area contributed by atoms with Crippen LogP contribution in [0.1, 0.15) is 23.7 Å². The number of rotatable bonds is 4. The first-order valence-corrected chi connectivity index (χ1v) is 7.35. The summed E-state index contributed by atoms with van der Waals surface area (Å²) in [5.74, 6) is 1.57. The van der Waals surface area contributed by atoms with E-state index in [0.717, 1.165) is 31.0 Å². The van der Waals surface area contributed by atoms with E-state index in [-0.39, 0.29) is 5.92 Å². The average molecular weight is 296 g/mol. The van der Waals surface area contributed by atoms with Gasteiger partial charge in [-0.1, -0.05) is 17.3 Å². The van der Waals surface area contributed by atoms with Crippen molar-refractivity contribution in [3.8, 4) is 11.5 Å². The van der Waals surface area contributed by atoms with Crippen molar-refractivity contribution >= 4 is 0 Å². The van der Waals surface area contributed by atoms with E-state index in [2.05, 4.69) is 27.3 Å². The lowest BCUT2D eigenvalue weighted by Crippen LogP contribution is -1.99. The molecule has 0 aliphatic carbocycles. The third-order valence-electron chi connectivity index (χ3n) is 3.86. The van der Waals surface area contributed by atoms with Gasteiger partial charge in [0.05, 0.1) is 12.9 Å². The molecule has 3 aromatic rings. The second-order valence-electron chi connectivity index (χ2n) is 5.45. The van der Waals surface area contributed by atoms with Crippen LogP contribution in [0.2, 0.25) is 0 Å². The predicted molar refractivity (Wildman–Crippen MR) is 79.2 cm³/mol. The largest absolute Gasteiger partial charge is 0.381 e. The van der Waals surface area contributed by atoms with Crippen molar-refractivity contribution in [3.63, 3.8) is 0 Å². The molecular weight excluding hydrogens is 280 g/mol. The van der Waals surface area contributed by atoms with E-state index in [4.69, 9.17) is 9.26 Å². The summed E-state index contributed by atoms with van der Waals surface area (Å²) in [5, 5.41) is 4.08. The maximum atomic E-state index is 5.38. The Morgan fingerprint density at radius 1 is 1.23 bits per heavy atom. The second-order valence-corrected chi connectivity index (χ2v) is 5.45. The van der Waals surface area contributed by atoms with Crippen LogP contribution in [0.3, 0.4) is 0 Å². The Bertz CT molecular complexity index is 728. The zero-order valence-corrected chi connectivity index (χ0v) is 12.1. The molecular formula is C16H16N4O2. The summed E-state index contributed by atoms with van der Waals surface area (Å²) in [6.07, 6.45) is 6.49. The molecule has 0 spiro atoms. The lowest BCUT2D eigenvalue weighted by atomic mass is 10.1. The number of hydrogen-bond acceptors (Lipinski definition) is 5. The summed E-state index contributed by atoms with van der Waals surface area (Å²) >= 11 is 0. The van der Waals surface area contributed by atoms with Crippen molar-refractivity contribution in [2.24, 2.45) is 0 Å². The van der Waals surface area contributed by atoms with E-state index in [9.17, 15) is 0 Å². The smallest absolute Gasteiger partial charge is 0.257 e. The van der Waals surface area contributed by atoms with Gasteiger partial charge in [-0.05, 0) is 24.1 Å². The molecule has 22 heavy (non-hydrogen) atoms. The molecule has 2 aromatic heterocycles. The van der Waals surface area contributed by atoms with Crippen LogP contribution in [0.15, 0.2) is 47.5 Å². The molecule has 1 fully saturated rings. The van der Waals surface area contributed by atoms with Crippen LogP contribution in [0.25, 0.3) is 11.5 Å². The van der Waals surface area contributed by atoms with E-state index in [1.54, 1.807) is 6.20 Å². The van der Waals surface area contributed by atoms with Gasteiger partial charge in [-0.3, -0.25) is 0 Å². The Morgan fingerprint density at radius 2 is 2.14 bits per heavy atom. The molecule has 0 bridgehead atoms. The Kier molecular flexibility index (Phi) is 3.44. The summed E-state index contributed by atoms with van der Waals surface area (Å²) in [6, 6.07) is 8.15. The van der Waals surface area contributed by atoms with Crippen molar-refractivity contribution in [2.45, 2.75) is 18.9 Å². The van der Waals surface area contributed by atoms with Gasteiger partial charge in [0.2, 0.25) is 0 Å². The van der Waals surface area contributed by atoms with Crippen LogP contribution in [-0.4, -0.2) is 32.9 Å². The molecule has 0 N–H and O–H groups in total. The van der Waals surface area contributed by atoms with Gasteiger partial charge in [-0.15, -0.1) is 0 Å². The standard InChI is InChI=1S/C16H16N4O2/c1-3-13(4-2-12(1)9-20-7-6-17-11-20)16-18-15(19-22-16)14-5-8-21-10-14/h1-4,6-7,11,14H,5,8-10H2. The van der Waals surface area contributed by atoms with Gasteiger partial charge in [0.15, 0.2) is 5.82 Å². The van der Waals surface area contributed by atoms with Crippen molar-refractivity contribution in [3.05, 3.63) is 54.4 Å². The van der Waals surface area contributed by atoms with Crippen LogP contribution in [0.4, 0.5) is 0 Å². The van der Waals surface area contributed by atoms with Gasteiger partial charge < -0.3 is 13.8 Å². The summed E-state index contributed by atoms with van der Waals surface area (Å²) in [4.78, 5) is 8.54. The van der Waals surface area contributed by atoms with Crippen LogP contribution in [0, 0.1) is 0 Å². The summed E-state index contributed by atoms with van der Waals surface area (Å²) in [6.45, 7) is 2.26. The first kappa shape index (κ1) is 13.2. The lowest BCUT2D eigenvalue weighted by Gasteiger charge is -2.03. The number of aromatic nitrogens is 4. The highest BCUT2D eigenvalue weighted by atomic mass is 16.5. The Labute approximate surface area is 127 Å². The fourth-order valence-corrected chi connectivity index (χ4v) is 2.60. The third-order valence-corrected chi connectivity index (χ3v) is 3.86. The zero-order valence-electron chi connectivity index (χ0n) is 12.1. The van der Waals surface area contributed by atoms with E-state index >= 15 is 0 Å². The molecule has 1 unspecified atom stereocenters. The molecule has 112 valence electrons. The van der Waals surface area contributed by atoms with Crippen molar-refractivity contribution in [2.75, 3.05) is 13.2 Å². The van der Waals surface area contributed by atoms with Gasteiger partial charge in [0.25, 0.3) is 5.89 Å². The SMILES string of the molecule is c1cn(Cc2ccc(-c3nc(C4CCOC4)no3)cc2)cn1. The van der Waals surface area contributed by atoms with E-state index in [1.165, 1.54) is 5.56 Å². The van der Waals surface area contributed by atoms with E-state index < -0.39 is 0 Å². The monoisotopic (exact) mass is 296 g/mol. The Balaban J connectivity index is 1.50. The second kappa shape index (κ2) is 5.73.